The Hall–Kier alpha value is -3.00. The molecule has 184 valence electrons. The van der Waals surface area contributed by atoms with Gasteiger partial charge in [-0.1, -0.05) is 25.6 Å². The Bertz CT molecular complexity index is 1510. The zero-order valence-corrected chi connectivity index (χ0v) is 22.4. The number of sulfone groups is 1. The van der Waals surface area contributed by atoms with Crippen LogP contribution in [0.25, 0.3) is 11.0 Å². The highest BCUT2D eigenvalue weighted by Crippen LogP contribution is 2.39. The maximum absolute atomic E-state index is 13.6. The predicted octanol–water partition coefficient (Wildman–Crippen LogP) is 3.64. The number of aromatic nitrogens is 3. The van der Waals surface area contributed by atoms with Gasteiger partial charge in [0.1, 0.15) is 13.7 Å². The molecule has 0 radical (unpaired) electrons. The van der Waals surface area contributed by atoms with Crippen LogP contribution in [-0.4, -0.2) is 48.0 Å². The van der Waals surface area contributed by atoms with Gasteiger partial charge in [0.05, 0.1) is 22.1 Å². The summed E-state index contributed by atoms with van der Waals surface area (Å²) in [7, 11) is -5.01. The number of benzene rings is 1. The van der Waals surface area contributed by atoms with E-state index in [-0.39, 0.29) is 16.4 Å². The molecule has 2 atom stereocenters. The first-order valence-corrected chi connectivity index (χ1v) is 16.9. The van der Waals surface area contributed by atoms with E-state index in [0.717, 1.165) is 12.7 Å². The third-order valence-electron chi connectivity index (χ3n) is 6.07. The van der Waals surface area contributed by atoms with Gasteiger partial charge in [-0.05, 0) is 56.5 Å². The molecule has 0 spiro atoms. The molecular formula is C25H30N4O4SSi. The lowest BCUT2D eigenvalue weighted by atomic mass is 9.99. The number of anilines is 2. The molecule has 10 heteroatoms. The fourth-order valence-electron chi connectivity index (χ4n) is 4.27. The maximum atomic E-state index is 13.6. The quantitative estimate of drug-likeness (QED) is 0.407. The van der Waals surface area contributed by atoms with Crippen LogP contribution >= 0.6 is 0 Å². The molecule has 2 aromatic heterocycles. The van der Waals surface area contributed by atoms with Crippen molar-refractivity contribution in [1.82, 2.24) is 14.5 Å². The van der Waals surface area contributed by atoms with Crippen molar-refractivity contribution < 1.29 is 13.5 Å². The molecule has 3 aromatic rings. The number of fused-ring (bicyclic) bond motifs is 1. The molecule has 0 amide bonds. The summed E-state index contributed by atoms with van der Waals surface area (Å²) in [5.74, 6) is 3.35. The second kappa shape index (κ2) is 8.89. The van der Waals surface area contributed by atoms with Gasteiger partial charge in [-0.2, -0.15) is 4.98 Å². The van der Waals surface area contributed by atoms with Gasteiger partial charge < -0.3 is 10.4 Å². The molecule has 1 saturated carbocycles. The van der Waals surface area contributed by atoms with E-state index in [0.29, 0.717) is 35.1 Å². The highest BCUT2D eigenvalue weighted by molar-refractivity contribution is 7.90. The molecule has 0 unspecified atom stereocenters. The molecule has 1 fully saturated rings. The fraction of sp³-hybridized carbons (Fsp3) is 0.400. The highest BCUT2D eigenvalue weighted by atomic mass is 32.2. The summed E-state index contributed by atoms with van der Waals surface area (Å²) in [6, 6.07) is 7.57. The molecule has 35 heavy (non-hydrogen) atoms. The second-order valence-electron chi connectivity index (χ2n) is 10.4. The average Bonchev–Trinajstić information content (AvgIpc) is 3.10. The molecule has 8 nitrogen and oxygen atoms in total. The Morgan fingerprint density at radius 1 is 1.23 bits per heavy atom. The number of hydrogen-bond donors (Lipinski definition) is 2. The summed E-state index contributed by atoms with van der Waals surface area (Å²) in [6.07, 6.45) is 4.85. The number of hydrogen-bond acceptors (Lipinski definition) is 7. The van der Waals surface area contributed by atoms with Crippen LogP contribution in [0.2, 0.25) is 19.6 Å². The molecule has 0 aliphatic heterocycles. The minimum absolute atomic E-state index is 0.215. The van der Waals surface area contributed by atoms with E-state index < -0.39 is 29.6 Å². The van der Waals surface area contributed by atoms with Crippen molar-refractivity contribution in [3.8, 4) is 11.5 Å². The van der Waals surface area contributed by atoms with Crippen molar-refractivity contribution in [2.75, 3.05) is 11.6 Å². The van der Waals surface area contributed by atoms with E-state index in [9.17, 15) is 18.3 Å². The van der Waals surface area contributed by atoms with Crippen LogP contribution in [0, 0.1) is 11.5 Å². The summed E-state index contributed by atoms with van der Waals surface area (Å²) in [5.41, 5.74) is 3.36. The standard InChI is InChI=1S/C25H30N4O4SSi/c1-25(31)13-6-7-21(25)29-22-18(15-17(23(29)30)12-14-35(3,4)5)16-26-24(28-22)27-19-8-10-20(11-9-19)34(2,32)33/h8-11,15-16,21,31H,6-7,13H2,1-5H3,(H,26,27,28)/t21-,25-/m1/s1. The number of nitrogens with one attached hydrogen (secondary N) is 1. The Kier molecular flexibility index (Phi) is 6.38. The smallest absolute Gasteiger partial charge is 0.268 e. The molecular weight excluding hydrogens is 480 g/mol. The lowest BCUT2D eigenvalue weighted by Crippen LogP contribution is -2.38. The van der Waals surface area contributed by atoms with Crippen LogP contribution in [0.1, 0.15) is 37.8 Å². The van der Waals surface area contributed by atoms with Crippen molar-refractivity contribution in [1.29, 1.82) is 0 Å². The van der Waals surface area contributed by atoms with Crippen molar-refractivity contribution in [2.24, 2.45) is 0 Å². The van der Waals surface area contributed by atoms with Gasteiger partial charge >= 0.3 is 0 Å². The Balaban J connectivity index is 1.83. The van der Waals surface area contributed by atoms with Gasteiger partial charge in [0.25, 0.3) is 5.56 Å². The number of nitrogens with zero attached hydrogens (tertiary/aromatic N) is 3. The van der Waals surface area contributed by atoms with Crippen molar-refractivity contribution in [2.45, 2.75) is 62.4 Å². The molecule has 1 aromatic carbocycles. The van der Waals surface area contributed by atoms with E-state index in [1.54, 1.807) is 35.9 Å². The highest BCUT2D eigenvalue weighted by Gasteiger charge is 2.39. The largest absolute Gasteiger partial charge is 0.388 e. The minimum Gasteiger partial charge on any atom is -0.388 e. The van der Waals surface area contributed by atoms with E-state index in [1.165, 1.54) is 12.1 Å². The van der Waals surface area contributed by atoms with Crippen molar-refractivity contribution in [3.05, 3.63) is 52.4 Å². The molecule has 1 aliphatic carbocycles. The van der Waals surface area contributed by atoms with Crippen LogP contribution in [-0.2, 0) is 9.84 Å². The predicted molar refractivity (Wildman–Crippen MR) is 140 cm³/mol. The van der Waals surface area contributed by atoms with Gasteiger partial charge in [0.15, 0.2) is 9.84 Å². The number of rotatable bonds is 4. The fourth-order valence-corrected chi connectivity index (χ4v) is 5.41. The van der Waals surface area contributed by atoms with Crippen molar-refractivity contribution in [3.63, 3.8) is 0 Å². The Labute approximate surface area is 206 Å². The third-order valence-corrected chi connectivity index (χ3v) is 8.08. The molecule has 1 aliphatic rings. The van der Waals surface area contributed by atoms with Crippen molar-refractivity contribution >= 4 is 40.6 Å². The Morgan fingerprint density at radius 2 is 1.91 bits per heavy atom. The van der Waals surface area contributed by atoms with Crippen LogP contribution in [0.15, 0.2) is 46.2 Å². The number of pyridine rings is 1. The van der Waals surface area contributed by atoms with Crippen LogP contribution in [0.3, 0.4) is 0 Å². The summed E-state index contributed by atoms with van der Waals surface area (Å²) >= 11 is 0. The molecule has 2 N–H and O–H groups in total. The number of aliphatic hydroxyl groups is 1. The lowest BCUT2D eigenvalue weighted by molar-refractivity contribution is 0.0266. The Morgan fingerprint density at radius 3 is 2.49 bits per heavy atom. The summed E-state index contributed by atoms with van der Waals surface area (Å²) in [6.45, 7) is 8.10. The third kappa shape index (κ3) is 5.47. The van der Waals surface area contributed by atoms with E-state index in [2.05, 4.69) is 46.4 Å². The maximum Gasteiger partial charge on any atom is 0.268 e. The molecule has 2 heterocycles. The summed E-state index contributed by atoms with van der Waals surface area (Å²) < 4.78 is 25.0. The van der Waals surface area contributed by atoms with Gasteiger partial charge in [0, 0.05) is 23.5 Å². The van der Waals surface area contributed by atoms with Gasteiger partial charge in [-0.25, -0.2) is 13.4 Å². The zero-order chi connectivity index (χ0) is 25.6. The summed E-state index contributed by atoms with van der Waals surface area (Å²) in [5, 5.41) is 14.8. The second-order valence-corrected chi connectivity index (χ2v) is 17.2. The zero-order valence-electron chi connectivity index (χ0n) is 20.6. The van der Waals surface area contributed by atoms with Crippen LogP contribution in [0.4, 0.5) is 11.6 Å². The molecule has 4 rings (SSSR count). The van der Waals surface area contributed by atoms with Crippen LogP contribution < -0.4 is 10.9 Å². The topological polar surface area (TPSA) is 114 Å². The van der Waals surface area contributed by atoms with E-state index in [4.69, 9.17) is 0 Å². The first-order valence-electron chi connectivity index (χ1n) is 11.5. The monoisotopic (exact) mass is 510 g/mol. The van der Waals surface area contributed by atoms with E-state index in [1.807, 2.05) is 0 Å². The average molecular weight is 511 g/mol. The molecule has 0 saturated heterocycles. The van der Waals surface area contributed by atoms with Gasteiger partial charge in [0.2, 0.25) is 5.95 Å². The van der Waals surface area contributed by atoms with E-state index >= 15 is 0 Å². The normalized spacial score (nSPS) is 20.5. The minimum atomic E-state index is -3.30. The lowest BCUT2D eigenvalue weighted by Gasteiger charge is -2.28. The summed E-state index contributed by atoms with van der Waals surface area (Å²) in [4.78, 5) is 22.9. The first kappa shape index (κ1) is 25.1. The van der Waals surface area contributed by atoms with Gasteiger partial charge in [-0.15, -0.1) is 5.54 Å². The van der Waals surface area contributed by atoms with Gasteiger partial charge in [-0.3, -0.25) is 9.36 Å². The van der Waals surface area contributed by atoms with Crippen LogP contribution in [0.5, 0.6) is 0 Å². The first-order chi connectivity index (χ1) is 16.2. The molecule has 0 bridgehead atoms. The SMILES string of the molecule is C[C@@]1(O)CCC[C@H]1n1c(=O)c(C#C[Si](C)(C)C)cc2cnc(Nc3ccc(S(C)(=O)=O)cc3)nc21.